The highest BCUT2D eigenvalue weighted by Crippen LogP contribution is 2.20. The van der Waals surface area contributed by atoms with Crippen LogP contribution in [-0.4, -0.2) is 22.9 Å². The van der Waals surface area contributed by atoms with Crippen LogP contribution >= 0.6 is 0 Å². The molecule has 0 fully saturated rings. The first-order valence-corrected chi connectivity index (χ1v) is 5.21. The number of aromatic nitrogens is 2. The zero-order chi connectivity index (χ0) is 11.7. The van der Waals surface area contributed by atoms with Crippen molar-refractivity contribution < 1.29 is 9.53 Å². The highest BCUT2D eigenvalue weighted by molar-refractivity contribution is 5.95. The van der Waals surface area contributed by atoms with Crippen LogP contribution in [0.2, 0.25) is 0 Å². The summed E-state index contributed by atoms with van der Waals surface area (Å²) in [6, 6.07) is 5.51. The van der Waals surface area contributed by atoms with E-state index < -0.39 is 0 Å². The van der Waals surface area contributed by atoms with Gasteiger partial charge in [0.1, 0.15) is 0 Å². The molecule has 1 aromatic carbocycles. The molecule has 0 spiro atoms. The number of methoxy groups -OCH3 is 1. The number of carbonyl (C=O) groups excluding carboxylic acids is 1. The number of carbonyl (C=O) groups is 1. The molecule has 84 valence electrons. The predicted molar refractivity (Wildman–Crippen MR) is 61.4 cm³/mol. The topological polar surface area (TPSA) is 44.1 Å². The number of benzene rings is 1. The number of esters is 1. The monoisotopic (exact) mass is 218 g/mol. The smallest absolute Gasteiger partial charge is 0.337 e. The highest BCUT2D eigenvalue weighted by Gasteiger charge is 2.11. The van der Waals surface area contributed by atoms with E-state index in [9.17, 15) is 4.79 Å². The fourth-order valence-electron chi connectivity index (χ4n) is 1.84. The van der Waals surface area contributed by atoms with E-state index >= 15 is 0 Å². The maximum absolute atomic E-state index is 11.4. The minimum absolute atomic E-state index is 0.318. The Bertz CT molecular complexity index is 543. The number of hydrogen-bond donors (Lipinski definition) is 0. The lowest BCUT2D eigenvalue weighted by Crippen LogP contribution is -2.01. The molecule has 0 saturated carbocycles. The average molecular weight is 218 g/mol. The summed E-state index contributed by atoms with van der Waals surface area (Å²) in [5.74, 6) is -0.318. The van der Waals surface area contributed by atoms with Crippen molar-refractivity contribution in [2.75, 3.05) is 7.11 Å². The maximum atomic E-state index is 11.4. The van der Waals surface area contributed by atoms with Gasteiger partial charge in [0.2, 0.25) is 0 Å². The Kier molecular flexibility index (Phi) is 2.64. The number of nitrogens with zero attached hydrogens (tertiary/aromatic N) is 2. The van der Waals surface area contributed by atoms with Gasteiger partial charge in [0.15, 0.2) is 0 Å². The molecule has 1 heterocycles. The van der Waals surface area contributed by atoms with E-state index in [4.69, 9.17) is 0 Å². The summed E-state index contributed by atoms with van der Waals surface area (Å²) >= 11 is 0. The Morgan fingerprint density at radius 2 is 2.25 bits per heavy atom. The summed E-state index contributed by atoms with van der Waals surface area (Å²) in [7, 11) is 3.26. The average Bonchev–Trinajstić information content (AvgIpc) is 2.64. The van der Waals surface area contributed by atoms with E-state index in [0.29, 0.717) is 5.56 Å². The van der Waals surface area contributed by atoms with E-state index in [1.165, 1.54) is 7.11 Å². The van der Waals surface area contributed by atoms with Crippen molar-refractivity contribution >= 4 is 16.9 Å². The summed E-state index contributed by atoms with van der Waals surface area (Å²) in [5.41, 5.74) is 2.56. The van der Waals surface area contributed by atoms with Crippen molar-refractivity contribution in [1.29, 1.82) is 0 Å². The summed E-state index contributed by atoms with van der Waals surface area (Å²) in [6.07, 6.45) is 0.884. The van der Waals surface area contributed by atoms with Gasteiger partial charge in [-0.3, -0.25) is 4.68 Å². The quantitative estimate of drug-likeness (QED) is 0.723. The normalized spacial score (nSPS) is 10.7. The van der Waals surface area contributed by atoms with Gasteiger partial charge < -0.3 is 4.74 Å². The van der Waals surface area contributed by atoms with E-state index in [-0.39, 0.29) is 5.97 Å². The molecule has 0 aliphatic rings. The Hall–Kier alpha value is -1.84. The van der Waals surface area contributed by atoms with Crippen LogP contribution in [0.4, 0.5) is 0 Å². The number of hydrogen-bond acceptors (Lipinski definition) is 3. The first-order valence-electron chi connectivity index (χ1n) is 5.21. The summed E-state index contributed by atoms with van der Waals surface area (Å²) < 4.78 is 6.48. The largest absolute Gasteiger partial charge is 0.465 e. The number of fused-ring (bicyclic) bond motifs is 1. The van der Waals surface area contributed by atoms with Gasteiger partial charge in [0, 0.05) is 12.4 Å². The zero-order valence-electron chi connectivity index (χ0n) is 9.65. The maximum Gasteiger partial charge on any atom is 0.337 e. The molecule has 0 atom stereocenters. The second-order valence-electron chi connectivity index (χ2n) is 3.65. The van der Waals surface area contributed by atoms with Crippen molar-refractivity contribution in [3.8, 4) is 0 Å². The van der Waals surface area contributed by atoms with Crippen LogP contribution in [0.1, 0.15) is 23.0 Å². The molecule has 0 unspecified atom stereocenters. The zero-order valence-corrected chi connectivity index (χ0v) is 9.65. The molecule has 4 heteroatoms. The molecule has 0 bridgehead atoms. The van der Waals surface area contributed by atoms with Crippen molar-refractivity contribution in [1.82, 2.24) is 9.78 Å². The molecule has 2 aromatic rings. The Labute approximate surface area is 93.8 Å². The van der Waals surface area contributed by atoms with Crippen molar-refractivity contribution in [3.05, 3.63) is 29.5 Å². The minimum Gasteiger partial charge on any atom is -0.465 e. The molecule has 0 aliphatic carbocycles. The minimum atomic E-state index is -0.318. The lowest BCUT2D eigenvalue weighted by atomic mass is 10.1. The lowest BCUT2D eigenvalue weighted by molar-refractivity contribution is 0.0601. The molecular formula is C12H14N2O2. The van der Waals surface area contributed by atoms with Crippen molar-refractivity contribution in [2.45, 2.75) is 13.3 Å². The van der Waals surface area contributed by atoms with Gasteiger partial charge >= 0.3 is 5.97 Å². The van der Waals surface area contributed by atoms with Crippen LogP contribution in [0.15, 0.2) is 18.2 Å². The Morgan fingerprint density at radius 1 is 1.50 bits per heavy atom. The number of ether oxygens (including phenoxy) is 1. The van der Waals surface area contributed by atoms with Crippen molar-refractivity contribution in [3.63, 3.8) is 0 Å². The van der Waals surface area contributed by atoms with Crippen LogP contribution < -0.4 is 0 Å². The molecular weight excluding hydrogens is 204 g/mol. The van der Waals surface area contributed by atoms with E-state index in [2.05, 4.69) is 16.8 Å². The van der Waals surface area contributed by atoms with Gasteiger partial charge in [0.05, 0.1) is 23.9 Å². The van der Waals surface area contributed by atoms with Crippen molar-refractivity contribution in [2.24, 2.45) is 7.05 Å². The van der Waals surface area contributed by atoms with Crippen LogP contribution in [0.3, 0.4) is 0 Å². The third-order valence-corrected chi connectivity index (χ3v) is 2.68. The first kappa shape index (κ1) is 10.7. The fraction of sp³-hybridized carbons (Fsp3) is 0.333. The van der Waals surface area contributed by atoms with E-state index in [1.54, 1.807) is 10.7 Å². The molecule has 1 aromatic heterocycles. The Morgan fingerprint density at radius 3 is 2.88 bits per heavy atom. The summed E-state index contributed by atoms with van der Waals surface area (Å²) in [5, 5.41) is 5.49. The third kappa shape index (κ3) is 1.56. The van der Waals surface area contributed by atoms with Gasteiger partial charge in [-0.2, -0.15) is 5.10 Å². The first-order chi connectivity index (χ1) is 7.67. The molecule has 0 amide bonds. The van der Waals surface area contributed by atoms with E-state index in [1.807, 2.05) is 19.2 Å². The number of rotatable bonds is 2. The lowest BCUT2D eigenvalue weighted by Gasteiger charge is -2.00. The molecule has 0 radical (unpaired) electrons. The van der Waals surface area contributed by atoms with Gasteiger partial charge in [-0.1, -0.05) is 13.0 Å². The second-order valence-corrected chi connectivity index (χ2v) is 3.65. The molecule has 0 N–H and O–H groups in total. The summed E-state index contributed by atoms with van der Waals surface area (Å²) in [6.45, 7) is 2.07. The molecule has 4 nitrogen and oxygen atoms in total. The van der Waals surface area contributed by atoms with Gasteiger partial charge in [-0.25, -0.2) is 4.79 Å². The molecule has 0 saturated heterocycles. The fourth-order valence-corrected chi connectivity index (χ4v) is 1.84. The third-order valence-electron chi connectivity index (χ3n) is 2.68. The standard InChI is InChI=1S/C12H14N2O2/c1-4-10-9-6-5-8(12(15)16-3)7-11(9)14(2)13-10/h5-7H,4H2,1-3H3. The van der Waals surface area contributed by atoms with Gasteiger partial charge in [0.25, 0.3) is 0 Å². The predicted octanol–water partition coefficient (Wildman–Crippen LogP) is 1.92. The second kappa shape index (κ2) is 3.96. The molecule has 2 rings (SSSR count). The van der Waals surface area contributed by atoms with Crippen LogP contribution in [0.25, 0.3) is 10.9 Å². The van der Waals surface area contributed by atoms with E-state index in [0.717, 1.165) is 23.0 Å². The summed E-state index contributed by atoms with van der Waals surface area (Å²) in [4.78, 5) is 11.4. The van der Waals surface area contributed by atoms with Gasteiger partial charge in [-0.05, 0) is 18.6 Å². The SMILES string of the molecule is CCc1nn(C)c2cc(C(=O)OC)ccc12. The molecule has 16 heavy (non-hydrogen) atoms. The number of aryl methyl sites for hydroxylation is 2. The van der Waals surface area contributed by atoms with Crippen LogP contribution in [0, 0.1) is 0 Å². The van der Waals surface area contributed by atoms with Gasteiger partial charge in [-0.15, -0.1) is 0 Å². The Balaban J connectivity index is 2.62. The van der Waals surface area contributed by atoms with Crippen LogP contribution in [-0.2, 0) is 18.2 Å². The van der Waals surface area contributed by atoms with Crippen LogP contribution in [0.5, 0.6) is 0 Å². The molecule has 0 aliphatic heterocycles. The highest BCUT2D eigenvalue weighted by atomic mass is 16.5.